The molecular weight excluding hydrogens is 280 g/mol. The van der Waals surface area contributed by atoms with Crippen molar-refractivity contribution in [1.82, 2.24) is 10.6 Å². The van der Waals surface area contributed by atoms with Crippen LogP contribution >= 0.6 is 23.6 Å². The normalized spacial score (nSPS) is 18.6. The zero-order valence-electron chi connectivity index (χ0n) is 10.4. The zero-order chi connectivity index (χ0) is 13.8. The van der Waals surface area contributed by atoms with Crippen LogP contribution in [0.1, 0.15) is 17.8 Å². The predicted molar refractivity (Wildman–Crippen MR) is 79.8 cm³/mol. The first kappa shape index (κ1) is 13.8. The first-order valence-corrected chi connectivity index (χ1v) is 7.02. The van der Waals surface area contributed by atoms with Gasteiger partial charge in [0.25, 0.3) is 0 Å². The van der Waals surface area contributed by atoms with E-state index in [1.54, 1.807) is 17.4 Å². The van der Waals surface area contributed by atoms with Crippen molar-refractivity contribution >= 4 is 34.6 Å². The molecular formula is C13H14N2O2S2. The third-order valence-electron chi connectivity index (χ3n) is 2.65. The fraction of sp³-hybridized carbons (Fsp3) is 0.231. The van der Waals surface area contributed by atoms with Crippen molar-refractivity contribution in [2.24, 2.45) is 0 Å². The molecule has 0 spiro atoms. The quantitative estimate of drug-likeness (QED) is 0.507. The highest BCUT2D eigenvalue weighted by Crippen LogP contribution is 2.30. The number of hydrogen-bond acceptors (Lipinski definition) is 4. The van der Waals surface area contributed by atoms with Crippen LogP contribution in [0, 0.1) is 0 Å². The molecule has 0 bridgehead atoms. The van der Waals surface area contributed by atoms with Crippen molar-refractivity contribution in [3.05, 3.63) is 46.3 Å². The molecule has 19 heavy (non-hydrogen) atoms. The topological polar surface area (TPSA) is 50.4 Å². The summed E-state index contributed by atoms with van der Waals surface area (Å²) >= 11 is 6.71. The van der Waals surface area contributed by atoms with Gasteiger partial charge in [-0.2, -0.15) is 0 Å². The van der Waals surface area contributed by atoms with Crippen LogP contribution in [-0.4, -0.2) is 17.7 Å². The summed E-state index contributed by atoms with van der Waals surface area (Å²) in [5.74, 6) is -0.363. The molecule has 0 aliphatic carbocycles. The van der Waals surface area contributed by atoms with Crippen molar-refractivity contribution in [2.45, 2.75) is 13.0 Å². The van der Waals surface area contributed by atoms with E-state index < -0.39 is 0 Å². The van der Waals surface area contributed by atoms with Crippen LogP contribution in [0.5, 0.6) is 0 Å². The standard InChI is InChI=1S/C13H14N2O2S2/c1-3-6-17-12(16)10-8(2)14-13(18)15-11(10)9-5-4-7-19-9/h3-5,7,11H,1,6H2,2H3,(H2,14,15,18)/t11-/m1/s1. The van der Waals surface area contributed by atoms with Gasteiger partial charge < -0.3 is 15.4 Å². The van der Waals surface area contributed by atoms with Crippen molar-refractivity contribution in [3.63, 3.8) is 0 Å². The molecule has 2 heterocycles. The molecule has 0 saturated carbocycles. The molecule has 6 heteroatoms. The van der Waals surface area contributed by atoms with Crippen LogP contribution in [0.4, 0.5) is 0 Å². The number of rotatable bonds is 4. The van der Waals surface area contributed by atoms with Crippen LogP contribution < -0.4 is 10.6 Å². The van der Waals surface area contributed by atoms with Gasteiger partial charge >= 0.3 is 5.97 Å². The van der Waals surface area contributed by atoms with Gasteiger partial charge in [-0.25, -0.2) is 4.79 Å². The van der Waals surface area contributed by atoms with Gasteiger partial charge in [-0.05, 0) is 30.6 Å². The number of carbonyl (C=O) groups excluding carboxylic acids is 1. The smallest absolute Gasteiger partial charge is 0.338 e. The number of thiocarbonyl (C=S) groups is 1. The van der Waals surface area contributed by atoms with Crippen LogP contribution in [0.3, 0.4) is 0 Å². The molecule has 2 N–H and O–H groups in total. The van der Waals surface area contributed by atoms with Crippen LogP contribution in [0.15, 0.2) is 41.4 Å². The Kier molecular flexibility index (Phi) is 4.34. The minimum Gasteiger partial charge on any atom is -0.458 e. The largest absolute Gasteiger partial charge is 0.458 e. The SMILES string of the molecule is C=CCOC(=O)C1=C(C)NC(=S)N[C@@H]1c1cccs1. The van der Waals surface area contributed by atoms with Crippen molar-refractivity contribution in [2.75, 3.05) is 6.61 Å². The van der Waals surface area contributed by atoms with Gasteiger partial charge in [-0.1, -0.05) is 18.7 Å². The highest BCUT2D eigenvalue weighted by molar-refractivity contribution is 7.80. The number of hydrogen-bond donors (Lipinski definition) is 2. The van der Waals surface area contributed by atoms with Gasteiger partial charge in [-0.3, -0.25) is 0 Å². The maximum Gasteiger partial charge on any atom is 0.338 e. The van der Waals surface area contributed by atoms with Gasteiger partial charge in [-0.15, -0.1) is 11.3 Å². The zero-order valence-corrected chi connectivity index (χ0v) is 12.1. The van der Waals surface area contributed by atoms with Crippen LogP contribution in [0.2, 0.25) is 0 Å². The monoisotopic (exact) mass is 294 g/mol. The Morgan fingerprint density at radius 1 is 1.68 bits per heavy atom. The second-order valence-electron chi connectivity index (χ2n) is 3.97. The molecule has 1 aliphatic heterocycles. The number of thiophene rings is 1. The average Bonchev–Trinajstić information content (AvgIpc) is 2.88. The summed E-state index contributed by atoms with van der Waals surface area (Å²) in [7, 11) is 0. The summed E-state index contributed by atoms with van der Waals surface area (Å²) in [6.07, 6.45) is 1.54. The van der Waals surface area contributed by atoms with Crippen molar-refractivity contribution in [3.8, 4) is 0 Å². The Morgan fingerprint density at radius 2 is 2.47 bits per heavy atom. The number of nitrogens with one attached hydrogen (secondary N) is 2. The van der Waals surface area contributed by atoms with E-state index in [4.69, 9.17) is 17.0 Å². The summed E-state index contributed by atoms with van der Waals surface area (Å²) in [6, 6.07) is 3.64. The Balaban J connectivity index is 2.33. The van der Waals surface area contributed by atoms with E-state index in [1.165, 1.54) is 0 Å². The number of ether oxygens (including phenoxy) is 1. The Morgan fingerprint density at radius 3 is 3.11 bits per heavy atom. The summed E-state index contributed by atoms with van der Waals surface area (Å²) in [5.41, 5.74) is 1.27. The van der Waals surface area contributed by atoms with Gasteiger partial charge in [0, 0.05) is 10.6 Å². The number of carbonyl (C=O) groups is 1. The van der Waals surface area contributed by atoms with E-state index in [1.807, 2.05) is 24.4 Å². The molecule has 1 aromatic rings. The average molecular weight is 294 g/mol. The lowest BCUT2D eigenvalue weighted by molar-refractivity contribution is -0.138. The van der Waals surface area contributed by atoms with E-state index in [9.17, 15) is 4.79 Å². The molecule has 1 aliphatic rings. The van der Waals surface area contributed by atoms with Crippen molar-refractivity contribution < 1.29 is 9.53 Å². The van der Waals surface area contributed by atoms with Crippen LogP contribution in [0.25, 0.3) is 0 Å². The lowest BCUT2D eigenvalue weighted by Crippen LogP contribution is -2.44. The molecule has 1 aromatic heterocycles. The fourth-order valence-corrected chi connectivity index (χ4v) is 2.90. The van der Waals surface area contributed by atoms with Gasteiger partial charge in [0.15, 0.2) is 5.11 Å². The summed E-state index contributed by atoms with van der Waals surface area (Å²) in [4.78, 5) is 13.2. The first-order chi connectivity index (χ1) is 9.13. The summed E-state index contributed by atoms with van der Waals surface area (Å²) < 4.78 is 5.13. The van der Waals surface area contributed by atoms with E-state index >= 15 is 0 Å². The van der Waals surface area contributed by atoms with E-state index in [2.05, 4.69) is 17.2 Å². The third-order valence-corrected chi connectivity index (χ3v) is 3.81. The predicted octanol–water partition coefficient (Wildman–Crippen LogP) is 2.27. The Hall–Kier alpha value is -1.66. The molecule has 100 valence electrons. The molecule has 0 aromatic carbocycles. The molecule has 0 saturated heterocycles. The lowest BCUT2D eigenvalue weighted by atomic mass is 10.0. The van der Waals surface area contributed by atoms with E-state index in [0.29, 0.717) is 10.7 Å². The van der Waals surface area contributed by atoms with Crippen molar-refractivity contribution in [1.29, 1.82) is 0 Å². The maximum absolute atomic E-state index is 12.1. The summed E-state index contributed by atoms with van der Waals surface area (Å²) in [5, 5.41) is 8.53. The highest BCUT2D eigenvalue weighted by Gasteiger charge is 2.31. The van der Waals surface area contributed by atoms with Crippen LogP contribution in [-0.2, 0) is 9.53 Å². The second-order valence-corrected chi connectivity index (χ2v) is 5.36. The van der Waals surface area contributed by atoms with E-state index in [-0.39, 0.29) is 18.6 Å². The Bertz CT molecular complexity index is 535. The lowest BCUT2D eigenvalue weighted by Gasteiger charge is -2.28. The maximum atomic E-state index is 12.1. The molecule has 0 amide bonds. The van der Waals surface area contributed by atoms with Gasteiger partial charge in [0.1, 0.15) is 6.61 Å². The molecule has 0 radical (unpaired) electrons. The van der Waals surface area contributed by atoms with Gasteiger partial charge in [0.2, 0.25) is 0 Å². The molecule has 1 atom stereocenters. The molecule has 2 rings (SSSR count). The van der Waals surface area contributed by atoms with Gasteiger partial charge in [0.05, 0.1) is 11.6 Å². The fourth-order valence-electron chi connectivity index (χ4n) is 1.85. The minimum absolute atomic E-state index is 0.192. The molecule has 0 fully saturated rings. The molecule has 0 unspecified atom stereocenters. The third kappa shape index (κ3) is 3.02. The minimum atomic E-state index is -0.363. The summed E-state index contributed by atoms with van der Waals surface area (Å²) in [6.45, 7) is 5.54. The number of allylic oxidation sites excluding steroid dienone is 1. The first-order valence-electron chi connectivity index (χ1n) is 5.73. The van der Waals surface area contributed by atoms with E-state index in [0.717, 1.165) is 10.6 Å². The Labute approximate surface area is 121 Å². The second kappa shape index (κ2) is 5.99. The number of esters is 1. The highest BCUT2D eigenvalue weighted by atomic mass is 32.1. The molecule has 4 nitrogen and oxygen atoms in total.